The van der Waals surface area contributed by atoms with Crippen LogP contribution in [0.15, 0.2) is 217 Å². The largest absolute Gasteiger partial charge is 0.358 e. The van der Waals surface area contributed by atoms with Gasteiger partial charge >= 0.3 is 0 Å². The fourth-order valence-corrected chi connectivity index (χ4v) is 19.2. The van der Waals surface area contributed by atoms with Gasteiger partial charge in [0.1, 0.15) is 6.15 Å². The molecule has 9 aromatic carbocycles. The van der Waals surface area contributed by atoms with Crippen molar-refractivity contribution in [2.24, 2.45) is 11.8 Å². The minimum atomic E-state index is -2.72. The number of rotatable bonds is 14. The van der Waals surface area contributed by atoms with Gasteiger partial charge in [0, 0.05) is 23.0 Å². The van der Waals surface area contributed by atoms with E-state index in [9.17, 15) is 26.3 Å². The first-order valence-electron chi connectivity index (χ1n) is 27.2. The second-order valence-corrected chi connectivity index (χ2v) is 38.8. The van der Waals surface area contributed by atoms with Gasteiger partial charge in [-0.2, -0.15) is 21.9 Å². The summed E-state index contributed by atoms with van der Waals surface area (Å²) >= 11 is 12.8. The monoisotopic (exact) mass is 1790 g/mol. The van der Waals surface area contributed by atoms with Gasteiger partial charge < -0.3 is 7.43 Å². The van der Waals surface area contributed by atoms with Gasteiger partial charge in [0.05, 0.1) is 4.87 Å². The Morgan fingerprint density at radius 2 is 0.663 bits per heavy atom. The molecule has 0 heterocycles. The molecule has 0 fully saturated rings. The second-order valence-electron chi connectivity index (χ2n) is 20.6. The maximum Gasteiger partial charge on any atom is 0.158 e. The molecule has 1 atom stereocenters. The zero-order valence-electron chi connectivity index (χ0n) is 49.5. The topological polar surface area (TPSA) is 0 Å². The quantitative estimate of drug-likeness (QED) is 0.0254. The number of halogens is 11. The number of alkyl halides is 4. The Hall–Kier alpha value is -1.67. The second kappa shape index (κ2) is 39.7. The molecule has 0 amide bonds. The molecule has 9 aromatic rings. The van der Waals surface area contributed by atoms with E-state index in [2.05, 4.69) is 274 Å². The van der Waals surface area contributed by atoms with Crippen LogP contribution in [0.25, 0.3) is 0 Å². The molecule has 0 aliphatic rings. The van der Waals surface area contributed by atoms with Crippen LogP contribution in [0.3, 0.4) is 0 Å². The molecule has 9 rings (SSSR count). The van der Waals surface area contributed by atoms with Gasteiger partial charge in [0.2, 0.25) is 0 Å². The van der Waals surface area contributed by atoms with Gasteiger partial charge in [-0.3, -0.25) is 0 Å². The zero-order chi connectivity index (χ0) is 61.7. The van der Waals surface area contributed by atoms with E-state index < -0.39 is 56.9 Å². The Bertz CT molecular complexity index is 3230. The van der Waals surface area contributed by atoms with Gasteiger partial charge in [0.15, 0.2) is 34.9 Å². The van der Waals surface area contributed by atoms with E-state index in [0.717, 1.165) is 69.5 Å². The van der Waals surface area contributed by atoms with Crippen LogP contribution in [0.2, 0.25) is 0 Å². The molecule has 0 saturated heterocycles. The van der Waals surface area contributed by atoms with Gasteiger partial charge in [-0.15, -0.1) is 9.24 Å². The van der Waals surface area contributed by atoms with Crippen molar-refractivity contribution in [3.8, 4) is 0 Å². The first kappa shape index (κ1) is 78.6. The average molecular weight is 1790 g/mol. The van der Waals surface area contributed by atoms with E-state index >= 15 is 0 Å². The Balaban J connectivity index is 0.000000401. The summed E-state index contributed by atoms with van der Waals surface area (Å²) in [4.78, 5) is 0. The van der Waals surface area contributed by atoms with Crippen molar-refractivity contribution in [1.29, 1.82) is 0 Å². The van der Waals surface area contributed by atoms with Crippen molar-refractivity contribution in [2.45, 2.75) is 66.7 Å². The molecule has 0 saturated carbocycles. The maximum atomic E-state index is 14.9. The van der Waals surface area contributed by atoms with E-state index in [0.29, 0.717) is 16.8 Å². The van der Waals surface area contributed by atoms with E-state index in [1.165, 1.54) is 43.5 Å². The maximum absolute atomic E-state index is 14.9. The first-order valence-corrected chi connectivity index (χ1v) is 38.8. The predicted molar refractivity (Wildman–Crippen MR) is 409 cm³/mol. The van der Waals surface area contributed by atoms with Gasteiger partial charge in [-0.25, -0.2) is 26.3 Å². The molecule has 0 aliphatic carbocycles. The summed E-state index contributed by atoms with van der Waals surface area (Å²) in [6.07, 6.45) is -2.72. The normalized spacial score (nSPS) is 11.0. The van der Waals surface area contributed by atoms with E-state index in [1.54, 1.807) is 11.4 Å². The van der Waals surface area contributed by atoms with Crippen LogP contribution in [-0.4, -0.2) is 22.3 Å². The summed E-state index contributed by atoms with van der Waals surface area (Å²) in [5.41, 5.74) is 2.29. The molecule has 0 bridgehead atoms. The van der Waals surface area contributed by atoms with Crippen LogP contribution >= 0.6 is 139 Å². The standard InChI is InChI=1S/C36H24BF6P2.C24H27BrP2.C6H14.2CH2I2.CH3.V/c38-29-15-11-23(19-32(29)41)37(24-12-16-30(39)33(42)20-24,25-13-17-31(40)34(43)21-25)26-14-18-36(35(44)22-26)45(27-7-3-1-4-8-27)28-9-5-2-6-10-28;1-18(2)26(19(3)4)24-17-20(25)15-16-23(24)27(21-11-7-5-8-12-21)22-13-9-6-10-14-22;1-5(2)6(3)4;2*2-1-3;;/h1-22H,44H2;5-19H,1-4H3;5-6H,1-4H3;2*1H2;1H3;/q-1;;;;;-1;. The molecule has 455 valence electrons. The van der Waals surface area contributed by atoms with Crippen LogP contribution in [0.5, 0.6) is 0 Å². The minimum absolute atomic E-state index is 0. The molecule has 0 aliphatic heterocycles. The van der Waals surface area contributed by atoms with Gasteiger partial charge in [0.25, 0.3) is 0 Å². The Morgan fingerprint density at radius 3 is 0.942 bits per heavy atom. The van der Waals surface area contributed by atoms with Crippen LogP contribution < -0.4 is 64.3 Å². The average Bonchev–Trinajstić information content (AvgIpc) is 0.924. The summed E-state index contributed by atoms with van der Waals surface area (Å²) < 4.78 is 91.2. The third kappa shape index (κ3) is 21.5. The van der Waals surface area contributed by atoms with Crippen molar-refractivity contribution in [1.82, 2.24) is 0 Å². The molecular weight excluding hydrogens is 1720 g/mol. The van der Waals surface area contributed by atoms with Crippen LogP contribution in [-0.2, 0) is 18.6 Å². The third-order valence-corrected chi connectivity index (χ3v) is 23.6. The van der Waals surface area contributed by atoms with Crippen molar-refractivity contribution >= 4 is 210 Å². The zero-order valence-corrected chi connectivity index (χ0v) is 65.0. The Morgan fingerprint density at radius 1 is 0.384 bits per heavy atom. The smallest absolute Gasteiger partial charge is 0.158 e. The SMILES string of the molecule is CC(C)C(C)C.CC(C)P(c1cc(Br)ccc1P(c1ccccc1)c1ccccc1)C(C)C.Fc1ccc([B-](c2ccc(F)c(F)c2)(c2ccc(F)c(F)c2)c2ccc(P(c3ccccc3)c3ccccc3)c(P)c2)cc1F.ICI.ICI.[CH3-].[V]. The predicted octanol–water partition coefficient (Wildman–Crippen LogP) is 17.7. The molecule has 0 N–H and O–H groups in total. The molecule has 17 heteroatoms. The first-order chi connectivity index (χ1) is 40.2. The number of hydrogen-bond acceptors (Lipinski definition) is 0. The summed E-state index contributed by atoms with van der Waals surface area (Å²) in [5, 5.41) is 9.83. The summed E-state index contributed by atoms with van der Waals surface area (Å²) in [5.74, 6) is -5.17. The molecule has 0 nitrogen and oxygen atoms in total. The van der Waals surface area contributed by atoms with Crippen LogP contribution in [0.4, 0.5) is 26.3 Å². The summed E-state index contributed by atoms with van der Waals surface area (Å²) in [6.45, 7) is 18.5. The Labute approximate surface area is 590 Å². The van der Waals surface area contributed by atoms with E-state index in [4.69, 9.17) is 0 Å². The Kier molecular flexibility index (Phi) is 36.2. The van der Waals surface area contributed by atoms with Crippen molar-refractivity contribution in [2.75, 3.05) is 4.87 Å². The summed E-state index contributed by atoms with van der Waals surface area (Å²) in [6, 6.07) is 64.2. The van der Waals surface area contributed by atoms with Crippen molar-refractivity contribution in [3.63, 3.8) is 0 Å². The fourth-order valence-electron chi connectivity index (χ4n) is 9.75. The van der Waals surface area contributed by atoms with Gasteiger partial charge in [-0.05, 0) is 112 Å². The van der Waals surface area contributed by atoms with Crippen LogP contribution in [0, 0.1) is 54.2 Å². The van der Waals surface area contributed by atoms with E-state index in [1.807, 2.05) is 48.5 Å². The molecular formula is C69H72BBrF6I4P4V-2. The van der Waals surface area contributed by atoms with Crippen molar-refractivity contribution < 1.29 is 44.9 Å². The number of hydrogen-bond donors (Lipinski definition) is 0. The molecule has 1 radical (unpaired) electrons. The molecule has 0 spiro atoms. The fraction of sp³-hybridized carbons (Fsp3) is 0.203. The van der Waals surface area contributed by atoms with Crippen LogP contribution in [0.1, 0.15) is 55.4 Å². The summed E-state index contributed by atoms with van der Waals surface area (Å²) in [7, 11) is 0.883. The molecule has 86 heavy (non-hydrogen) atoms. The van der Waals surface area contributed by atoms with Gasteiger partial charge in [-0.1, -0.05) is 352 Å². The molecule has 1 unspecified atom stereocenters. The minimum Gasteiger partial charge on any atom is -0.358 e. The van der Waals surface area contributed by atoms with Crippen molar-refractivity contribution in [3.05, 3.63) is 259 Å². The third-order valence-electron chi connectivity index (χ3n) is 14.1. The number of benzene rings is 9. The molecule has 0 aromatic heterocycles. The van der Waals surface area contributed by atoms with E-state index in [-0.39, 0.29) is 50.3 Å².